The first-order valence-electron chi connectivity index (χ1n) is 5.68. The van der Waals surface area contributed by atoms with E-state index in [2.05, 4.69) is 15.2 Å². The number of nitrogens with one attached hydrogen (secondary N) is 1. The molecular weight excluding hydrogens is 274 g/mol. The van der Waals surface area contributed by atoms with Crippen molar-refractivity contribution < 1.29 is 9.90 Å². The summed E-state index contributed by atoms with van der Waals surface area (Å²) in [6, 6.07) is 7.79. The van der Waals surface area contributed by atoms with Crippen LogP contribution in [0.2, 0.25) is 0 Å². The minimum Gasteiger partial charge on any atom is -0.494 e. The molecule has 1 aromatic heterocycles. The fraction of sp³-hybridized carbons (Fsp3) is 0. The number of hydrogen-bond acceptors (Lipinski definition) is 7. The van der Waals surface area contributed by atoms with Gasteiger partial charge in [-0.1, -0.05) is 0 Å². The molecule has 104 valence electrons. The summed E-state index contributed by atoms with van der Waals surface area (Å²) in [6.07, 6.45) is 0.683. The van der Waals surface area contributed by atoms with E-state index < -0.39 is 11.4 Å². The van der Waals surface area contributed by atoms with Gasteiger partial charge in [0.15, 0.2) is 5.69 Å². The smallest absolute Gasteiger partial charge is 0.280 e. The van der Waals surface area contributed by atoms with E-state index in [4.69, 9.17) is 11.0 Å². The first-order valence-corrected chi connectivity index (χ1v) is 5.68. The maximum absolute atomic E-state index is 11.6. The molecule has 8 nitrogen and oxygen atoms in total. The van der Waals surface area contributed by atoms with Gasteiger partial charge in [-0.2, -0.15) is 10.4 Å². The number of azo groups is 1. The van der Waals surface area contributed by atoms with E-state index in [1.807, 2.05) is 0 Å². The topological polar surface area (TPSA) is 145 Å². The number of aromatic amines is 1. The van der Waals surface area contributed by atoms with Crippen LogP contribution in [-0.4, -0.2) is 16.4 Å². The van der Waals surface area contributed by atoms with Crippen LogP contribution >= 0.6 is 0 Å². The molecule has 0 spiro atoms. The number of carbonyl (C=O) groups excluding carboxylic acids is 1. The van der Waals surface area contributed by atoms with Crippen LogP contribution in [0, 0.1) is 11.3 Å². The molecule has 8 heteroatoms. The third-order valence-electron chi connectivity index (χ3n) is 2.61. The number of nitrogens with zero attached hydrogens (tertiary/aromatic N) is 3. The van der Waals surface area contributed by atoms with E-state index in [0.29, 0.717) is 17.5 Å². The summed E-state index contributed by atoms with van der Waals surface area (Å²) >= 11 is 0. The minimum absolute atomic E-state index is 0.257. The van der Waals surface area contributed by atoms with Gasteiger partial charge in [-0.05, 0) is 24.3 Å². The third kappa shape index (κ3) is 2.76. The summed E-state index contributed by atoms with van der Waals surface area (Å²) in [4.78, 5) is 24.2. The quantitative estimate of drug-likeness (QED) is 0.580. The lowest BCUT2D eigenvalue weighted by molar-refractivity contribution is 0.112. The molecule has 0 unspecified atom stereocenters. The predicted molar refractivity (Wildman–Crippen MR) is 73.9 cm³/mol. The SMILES string of the molecule is N#Cc1c(O)[nH]c(=O)c(N=Nc2ccc(C=O)cc2)c1N. The number of aromatic nitrogens is 1. The number of rotatable bonds is 3. The number of nitrogen functional groups attached to an aromatic ring is 1. The Morgan fingerprint density at radius 3 is 2.52 bits per heavy atom. The molecule has 0 saturated carbocycles. The van der Waals surface area contributed by atoms with Crippen molar-refractivity contribution in [3.05, 3.63) is 45.7 Å². The van der Waals surface area contributed by atoms with Crippen molar-refractivity contribution in [3.63, 3.8) is 0 Å². The standard InChI is InChI=1S/C13H9N5O3/c14-5-9-10(15)11(13(21)16-12(9)20)18-17-8-3-1-7(6-19)2-4-8/h1-4,6H,(H4,15,16,20,21). The fourth-order valence-electron chi connectivity index (χ4n) is 1.54. The Morgan fingerprint density at radius 2 is 1.95 bits per heavy atom. The maximum Gasteiger partial charge on any atom is 0.280 e. The van der Waals surface area contributed by atoms with Crippen LogP contribution in [0.1, 0.15) is 15.9 Å². The van der Waals surface area contributed by atoms with Crippen LogP contribution < -0.4 is 11.3 Å². The lowest BCUT2D eigenvalue weighted by atomic mass is 10.2. The summed E-state index contributed by atoms with van der Waals surface area (Å²) < 4.78 is 0. The van der Waals surface area contributed by atoms with Crippen molar-refractivity contribution in [3.8, 4) is 11.9 Å². The van der Waals surface area contributed by atoms with E-state index in [-0.39, 0.29) is 16.9 Å². The highest BCUT2D eigenvalue weighted by Crippen LogP contribution is 2.27. The van der Waals surface area contributed by atoms with E-state index in [9.17, 15) is 14.7 Å². The Balaban J connectivity index is 2.43. The number of H-pyrrole nitrogens is 1. The van der Waals surface area contributed by atoms with Gasteiger partial charge in [0, 0.05) is 5.56 Å². The van der Waals surface area contributed by atoms with Gasteiger partial charge in [0.05, 0.1) is 11.4 Å². The van der Waals surface area contributed by atoms with Gasteiger partial charge in [-0.25, -0.2) is 0 Å². The first-order chi connectivity index (χ1) is 10.1. The molecule has 4 N–H and O–H groups in total. The second-order valence-corrected chi connectivity index (χ2v) is 3.96. The van der Waals surface area contributed by atoms with Crippen LogP contribution in [0.15, 0.2) is 39.3 Å². The van der Waals surface area contributed by atoms with Gasteiger partial charge in [0.25, 0.3) is 5.56 Å². The number of benzene rings is 1. The Kier molecular flexibility index (Phi) is 3.76. The largest absolute Gasteiger partial charge is 0.494 e. The van der Waals surface area contributed by atoms with Crippen LogP contribution in [-0.2, 0) is 0 Å². The molecule has 21 heavy (non-hydrogen) atoms. The zero-order chi connectivity index (χ0) is 15.4. The van der Waals surface area contributed by atoms with Gasteiger partial charge in [0.1, 0.15) is 17.9 Å². The minimum atomic E-state index is -0.766. The Hall–Kier alpha value is -3.47. The average molecular weight is 283 g/mol. The monoisotopic (exact) mass is 283 g/mol. The van der Waals surface area contributed by atoms with Gasteiger partial charge in [-0.15, -0.1) is 5.11 Å². The molecule has 1 aromatic carbocycles. The second-order valence-electron chi connectivity index (χ2n) is 3.96. The van der Waals surface area contributed by atoms with E-state index in [1.54, 1.807) is 6.07 Å². The van der Waals surface area contributed by atoms with Crippen LogP contribution in [0.5, 0.6) is 5.88 Å². The Bertz CT molecular complexity index is 815. The van der Waals surface area contributed by atoms with E-state index in [0.717, 1.165) is 0 Å². The molecule has 0 fully saturated rings. The molecule has 0 bridgehead atoms. The van der Waals surface area contributed by atoms with Crippen LogP contribution in [0.3, 0.4) is 0 Å². The highest BCUT2D eigenvalue weighted by molar-refractivity contribution is 5.75. The highest BCUT2D eigenvalue weighted by Gasteiger charge is 2.14. The molecule has 0 aliphatic carbocycles. The molecule has 1 heterocycles. The zero-order valence-corrected chi connectivity index (χ0v) is 10.6. The van der Waals surface area contributed by atoms with Crippen LogP contribution in [0.4, 0.5) is 17.1 Å². The number of anilines is 1. The first kappa shape index (κ1) is 14.0. The summed E-state index contributed by atoms with van der Waals surface area (Å²) in [5.74, 6) is -0.616. The molecule has 0 radical (unpaired) electrons. The van der Waals surface area contributed by atoms with Crippen molar-refractivity contribution in [1.82, 2.24) is 4.98 Å². The van der Waals surface area contributed by atoms with Crippen molar-refractivity contribution in [1.29, 1.82) is 5.26 Å². The number of pyridine rings is 1. The van der Waals surface area contributed by atoms with Gasteiger partial charge >= 0.3 is 0 Å². The maximum atomic E-state index is 11.6. The van der Waals surface area contributed by atoms with Gasteiger partial charge in [0.2, 0.25) is 5.88 Å². The lowest BCUT2D eigenvalue weighted by Gasteiger charge is -2.02. The summed E-state index contributed by atoms with van der Waals surface area (Å²) in [5, 5.41) is 25.7. The molecule has 0 saturated heterocycles. The van der Waals surface area contributed by atoms with E-state index >= 15 is 0 Å². The average Bonchev–Trinajstić information content (AvgIpc) is 2.47. The third-order valence-corrected chi connectivity index (χ3v) is 2.61. The van der Waals surface area contributed by atoms with E-state index in [1.165, 1.54) is 24.3 Å². The number of nitriles is 1. The molecule has 2 aromatic rings. The summed E-state index contributed by atoms with van der Waals surface area (Å²) in [6.45, 7) is 0. The van der Waals surface area contributed by atoms with Crippen molar-refractivity contribution >= 4 is 23.3 Å². The van der Waals surface area contributed by atoms with Crippen molar-refractivity contribution in [2.45, 2.75) is 0 Å². The van der Waals surface area contributed by atoms with Gasteiger partial charge in [-0.3, -0.25) is 14.6 Å². The number of carbonyl (C=O) groups is 1. The lowest BCUT2D eigenvalue weighted by Crippen LogP contribution is -2.09. The Morgan fingerprint density at radius 1 is 1.29 bits per heavy atom. The highest BCUT2D eigenvalue weighted by atomic mass is 16.3. The zero-order valence-electron chi connectivity index (χ0n) is 10.6. The summed E-state index contributed by atoms with van der Waals surface area (Å²) in [7, 11) is 0. The molecule has 2 rings (SSSR count). The molecule has 0 atom stereocenters. The molecular formula is C13H9N5O3. The second kappa shape index (κ2) is 5.66. The Labute approximate surface area is 118 Å². The molecule has 0 amide bonds. The van der Waals surface area contributed by atoms with Gasteiger partial charge < -0.3 is 10.8 Å². The number of hydrogen-bond donors (Lipinski definition) is 3. The normalized spacial score (nSPS) is 10.4. The fourth-order valence-corrected chi connectivity index (χ4v) is 1.54. The molecule has 0 aliphatic rings. The summed E-state index contributed by atoms with van der Waals surface area (Å²) in [5.41, 5.74) is 4.90. The predicted octanol–water partition coefficient (Wildman–Crippen LogP) is 1.76. The van der Waals surface area contributed by atoms with Crippen LogP contribution in [0.25, 0.3) is 0 Å². The molecule has 0 aliphatic heterocycles. The number of nitrogens with two attached hydrogens (primary N) is 1. The number of aromatic hydroxyl groups is 1. The number of aldehydes is 1. The van der Waals surface area contributed by atoms with Crippen molar-refractivity contribution in [2.24, 2.45) is 10.2 Å². The van der Waals surface area contributed by atoms with Crippen molar-refractivity contribution in [2.75, 3.05) is 5.73 Å².